The Balaban J connectivity index is 2.76. The first kappa shape index (κ1) is 10.6. The van der Waals surface area contributed by atoms with Crippen molar-refractivity contribution in [1.82, 2.24) is 4.98 Å². The predicted octanol–water partition coefficient (Wildman–Crippen LogP) is 1.63. The van der Waals surface area contributed by atoms with Crippen LogP contribution in [0, 0.1) is 12.9 Å². The zero-order valence-electron chi connectivity index (χ0n) is 8.21. The van der Waals surface area contributed by atoms with Gasteiger partial charge in [-0.2, -0.15) is 4.39 Å². The molecule has 0 atom stereocenters. The van der Waals surface area contributed by atoms with Gasteiger partial charge in [0.15, 0.2) is 0 Å². The van der Waals surface area contributed by atoms with Gasteiger partial charge in [0, 0.05) is 11.8 Å². The minimum Gasteiger partial charge on any atom is -0.466 e. The van der Waals surface area contributed by atoms with Crippen LogP contribution in [0.15, 0.2) is 12.3 Å². The Morgan fingerprint density at radius 2 is 2.36 bits per heavy atom. The van der Waals surface area contributed by atoms with E-state index in [-0.39, 0.29) is 12.4 Å². The highest BCUT2D eigenvalue weighted by molar-refractivity contribution is 5.72. The van der Waals surface area contributed by atoms with E-state index in [0.29, 0.717) is 17.7 Å². The van der Waals surface area contributed by atoms with Crippen molar-refractivity contribution >= 4 is 5.97 Å². The molecular weight excluding hydrogens is 185 g/mol. The lowest BCUT2D eigenvalue weighted by atomic mass is 10.1. The second-order valence-corrected chi connectivity index (χ2v) is 2.87. The molecule has 0 saturated heterocycles. The van der Waals surface area contributed by atoms with Gasteiger partial charge in [-0.25, -0.2) is 4.98 Å². The molecule has 1 aromatic heterocycles. The van der Waals surface area contributed by atoms with E-state index in [2.05, 4.69) is 4.98 Å². The van der Waals surface area contributed by atoms with E-state index >= 15 is 0 Å². The molecular formula is C10H12FNO2. The third kappa shape index (κ3) is 2.52. The van der Waals surface area contributed by atoms with Gasteiger partial charge in [0.05, 0.1) is 13.0 Å². The number of nitrogens with zero attached hydrogens (tertiary/aromatic N) is 1. The number of rotatable bonds is 3. The van der Waals surface area contributed by atoms with Crippen molar-refractivity contribution in [2.45, 2.75) is 20.3 Å². The summed E-state index contributed by atoms with van der Waals surface area (Å²) in [5, 5.41) is 0. The highest BCUT2D eigenvalue weighted by Gasteiger charge is 2.09. The standard InChI is InChI=1S/C10H12FNO2/c1-3-14-9(13)6-8-4-5-12-10(11)7(8)2/h4-5H,3,6H2,1-2H3. The molecule has 0 aliphatic carbocycles. The molecule has 0 spiro atoms. The van der Waals surface area contributed by atoms with Crippen LogP contribution in [0.25, 0.3) is 0 Å². The predicted molar refractivity (Wildman–Crippen MR) is 49.3 cm³/mol. The Labute approximate surface area is 81.9 Å². The largest absolute Gasteiger partial charge is 0.466 e. The molecule has 0 bridgehead atoms. The molecule has 0 unspecified atom stereocenters. The summed E-state index contributed by atoms with van der Waals surface area (Å²) in [5.74, 6) is -0.881. The number of carbonyl (C=O) groups excluding carboxylic acids is 1. The average Bonchev–Trinajstić information content (AvgIpc) is 2.13. The summed E-state index contributed by atoms with van der Waals surface area (Å²) in [6.07, 6.45) is 1.44. The first-order chi connectivity index (χ1) is 6.65. The van der Waals surface area contributed by atoms with E-state index in [9.17, 15) is 9.18 Å². The summed E-state index contributed by atoms with van der Waals surface area (Å²) < 4.78 is 17.7. The molecule has 3 nitrogen and oxygen atoms in total. The average molecular weight is 197 g/mol. The zero-order valence-corrected chi connectivity index (χ0v) is 8.21. The Bertz CT molecular complexity index is 339. The van der Waals surface area contributed by atoms with Crippen molar-refractivity contribution in [2.24, 2.45) is 0 Å². The van der Waals surface area contributed by atoms with Crippen LogP contribution in [-0.4, -0.2) is 17.6 Å². The van der Waals surface area contributed by atoms with Gasteiger partial charge in [-0.3, -0.25) is 4.79 Å². The first-order valence-electron chi connectivity index (χ1n) is 4.40. The number of carbonyl (C=O) groups is 1. The highest BCUT2D eigenvalue weighted by Crippen LogP contribution is 2.10. The van der Waals surface area contributed by atoms with Crippen molar-refractivity contribution in [1.29, 1.82) is 0 Å². The zero-order chi connectivity index (χ0) is 10.6. The van der Waals surface area contributed by atoms with Crippen molar-refractivity contribution in [2.75, 3.05) is 6.61 Å². The van der Waals surface area contributed by atoms with Crippen LogP contribution in [0.1, 0.15) is 18.1 Å². The van der Waals surface area contributed by atoms with Crippen LogP contribution in [-0.2, 0) is 16.0 Å². The normalized spacial score (nSPS) is 9.93. The topological polar surface area (TPSA) is 39.2 Å². The van der Waals surface area contributed by atoms with Crippen LogP contribution < -0.4 is 0 Å². The Hall–Kier alpha value is -1.45. The van der Waals surface area contributed by atoms with Gasteiger partial charge in [-0.05, 0) is 25.5 Å². The van der Waals surface area contributed by atoms with Gasteiger partial charge < -0.3 is 4.74 Å². The molecule has 14 heavy (non-hydrogen) atoms. The summed E-state index contributed by atoms with van der Waals surface area (Å²) in [5.41, 5.74) is 1.02. The Morgan fingerprint density at radius 1 is 1.64 bits per heavy atom. The minimum absolute atomic E-state index is 0.0963. The van der Waals surface area contributed by atoms with Crippen LogP contribution in [0.2, 0.25) is 0 Å². The number of halogens is 1. The fourth-order valence-electron chi connectivity index (χ4n) is 1.11. The maximum absolute atomic E-state index is 13.0. The number of aromatic nitrogens is 1. The molecule has 0 radical (unpaired) electrons. The minimum atomic E-state index is -0.535. The van der Waals surface area contributed by atoms with E-state index in [0.717, 1.165) is 0 Å². The van der Waals surface area contributed by atoms with Gasteiger partial charge in [0.1, 0.15) is 0 Å². The smallest absolute Gasteiger partial charge is 0.310 e. The van der Waals surface area contributed by atoms with Crippen LogP contribution in [0.5, 0.6) is 0 Å². The summed E-state index contributed by atoms with van der Waals surface area (Å²) in [4.78, 5) is 14.6. The second-order valence-electron chi connectivity index (χ2n) is 2.87. The maximum atomic E-state index is 13.0. The van der Waals surface area contributed by atoms with Crippen LogP contribution in [0.3, 0.4) is 0 Å². The van der Waals surface area contributed by atoms with E-state index in [1.54, 1.807) is 19.9 Å². The molecule has 1 rings (SSSR count). The van der Waals surface area contributed by atoms with Gasteiger partial charge >= 0.3 is 5.97 Å². The quantitative estimate of drug-likeness (QED) is 0.546. The molecule has 0 aliphatic heterocycles. The molecule has 0 saturated carbocycles. The van der Waals surface area contributed by atoms with E-state index in [1.807, 2.05) is 0 Å². The Kier molecular flexibility index (Phi) is 3.56. The molecule has 76 valence electrons. The molecule has 0 fully saturated rings. The molecule has 0 amide bonds. The second kappa shape index (κ2) is 4.69. The number of ether oxygens (including phenoxy) is 1. The van der Waals surface area contributed by atoms with E-state index < -0.39 is 5.95 Å². The lowest BCUT2D eigenvalue weighted by Gasteiger charge is -2.05. The van der Waals surface area contributed by atoms with E-state index in [4.69, 9.17) is 4.74 Å². The fraction of sp³-hybridized carbons (Fsp3) is 0.400. The SMILES string of the molecule is CCOC(=O)Cc1ccnc(F)c1C. The lowest BCUT2D eigenvalue weighted by Crippen LogP contribution is -2.09. The van der Waals surface area contributed by atoms with Crippen molar-refractivity contribution < 1.29 is 13.9 Å². The van der Waals surface area contributed by atoms with Crippen LogP contribution >= 0.6 is 0 Å². The number of hydrogen-bond donors (Lipinski definition) is 0. The van der Waals surface area contributed by atoms with Gasteiger partial charge in [-0.1, -0.05) is 0 Å². The van der Waals surface area contributed by atoms with Crippen molar-refractivity contribution in [3.05, 3.63) is 29.3 Å². The summed E-state index contributed by atoms with van der Waals surface area (Å²) in [6, 6.07) is 1.62. The molecule has 0 N–H and O–H groups in total. The van der Waals surface area contributed by atoms with Crippen molar-refractivity contribution in [3.63, 3.8) is 0 Å². The number of pyridine rings is 1. The monoisotopic (exact) mass is 197 g/mol. The molecule has 4 heteroatoms. The van der Waals surface area contributed by atoms with Gasteiger partial charge in [-0.15, -0.1) is 0 Å². The highest BCUT2D eigenvalue weighted by atomic mass is 19.1. The Morgan fingerprint density at radius 3 is 3.00 bits per heavy atom. The first-order valence-corrected chi connectivity index (χ1v) is 4.40. The third-order valence-electron chi connectivity index (χ3n) is 1.89. The van der Waals surface area contributed by atoms with Crippen LogP contribution in [0.4, 0.5) is 4.39 Å². The number of esters is 1. The number of hydrogen-bond acceptors (Lipinski definition) is 3. The lowest BCUT2D eigenvalue weighted by molar-refractivity contribution is -0.142. The maximum Gasteiger partial charge on any atom is 0.310 e. The molecule has 0 aromatic carbocycles. The molecule has 1 aromatic rings. The van der Waals surface area contributed by atoms with Gasteiger partial charge in [0.25, 0.3) is 0 Å². The van der Waals surface area contributed by atoms with Gasteiger partial charge in [0.2, 0.25) is 5.95 Å². The summed E-state index contributed by atoms with van der Waals surface area (Å²) in [6.45, 7) is 3.67. The third-order valence-corrected chi connectivity index (χ3v) is 1.89. The fourth-order valence-corrected chi connectivity index (χ4v) is 1.11. The summed E-state index contributed by atoms with van der Waals surface area (Å²) >= 11 is 0. The van der Waals surface area contributed by atoms with E-state index in [1.165, 1.54) is 6.20 Å². The summed E-state index contributed by atoms with van der Waals surface area (Å²) in [7, 11) is 0. The molecule has 1 heterocycles. The van der Waals surface area contributed by atoms with Crippen molar-refractivity contribution in [3.8, 4) is 0 Å². The molecule has 0 aliphatic rings.